The first-order valence-corrected chi connectivity index (χ1v) is 8.37. The topological polar surface area (TPSA) is 70.4 Å². The minimum absolute atomic E-state index is 0.0665. The zero-order valence-electron chi connectivity index (χ0n) is 13.0. The van der Waals surface area contributed by atoms with Crippen LogP contribution in [0.4, 0.5) is 13.2 Å². The van der Waals surface area contributed by atoms with Gasteiger partial charge < -0.3 is 4.74 Å². The molecule has 0 aliphatic carbocycles. The van der Waals surface area contributed by atoms with Crippen LogP contribution < -0.4 is 4.74 Å². The lowest BCUT2D eigenvalue weighted by Crippen LogP contribution is -2.27. The second-order valence-corrected chi connectivity index (χ2v) is 7.10. The molecule has 0 saturated carbocycles. The van der Waals surface area contributed by atoms with Gasteiger partial charge in [0.1, 0.15) is 5.75 Å². The first kappa shape index (κ1) is 18.8. The molecule has 132 valence electrons. The van der Waals surface area contributed by atoms with Crippen LogP contribution in [0.1, 0.15) is 11.1 Å². The van der Waals surface area contributed by atoms with Crippen molar-refractivity contribution in [2.45, 2.75) is 17.8 Å². The Balaban J connectivity index is 2.27. The van der Waals surface area contributed by atoms with Gasteiger partial charge in [-0.3, -0.25) is 0 Å². The molecule has 0 N–H and O–H groups in total. The van der Waals surface area contributed by atoms with Gasteiger partial charge in [-0.2, -0.15) is 9.57 Å². The molecule has 0 aliphatic heterocycles. The summed E-state index contributed by atoms with van der Waals surface area (Å²) in [6.07, 6.45) is -4.87. The monoisotopic (exact) mass is 370 g/mol. The van der Waals surface area contributed by atoms with Crippen molar-refractivity contribution in [3.63, 3.8) is 0 Å². The van der Waals surface area contributed by atoms with E-state index in [4.69, 9.17) is 5.26 Å². The molecule has 9 heteroatoms. The molecule has 0 heterocycles. The zero-order chi connectivity index (χ0) is 18.7. The maximum Gasteiger partial charge on any atom is 0.573 e. The summed E-state index contributed by atoms with van der Waals surface area (Å²) in [5.74, 6) is -0.461. The van der Waals surface area contributed by atoms with Gasteiger partial charge in [0.25, 0.3) is 0 Å². The standard InChI is InChI=1S/C16H13F3N2O3S/c1-21(25(22,23)14-8-6-12(10-20)7-9-14)11-13-4-2-3-5-15(13)24-16(17,18)19/h2-9H,11H2,1H3. The smallest absolute Gasteiger partial charge is 0.405 e. The van der Waals surface area contributed by atoms with E-state index in [1.54, 1.807) is 0 Å². The molecule has 2 rings (SSSR count). The predicted molar refractivity (Wildman–Crippen MR) is 82.9 cm³/mol. The fraction of sp³-hybridized carbons (Fsp3) is 0.188. The summed E-state index contributed by atoms with van der Waals surface area (Å²) in [6, 6.07) is 12.4. The van der Waals surface area contributed by atoms with E-state index in [-0.39, 0.29) is 17.0 Å². The molecule has 2 aromatic rings. The maximum absolute atomic E-state index is 12.5. The van der Waals surface area contributed by atoms with E-state index in [1.807, 2.05) is 6.07 Å². The number of halogens is 3. The van der Waals surface area contributed by atoms with Crippen molar-refractivity contribution >= 4 is 10.0 Å². The Kier molecular flexibility index (Phi) is 5.35. The molecule has 0 aliphatic rings. The third-order valence-electron chi connectivity index (χ3n) is 3.28. The Bertz CT molecular complexity index is 888. The zero-order valence-corrected chi connectivity index (χ0v) is 13.8. The van der Waals surface area contributed by atoms with Crippen LogP contribution in [0.2, 0.25) is 0 Å². The highest BCUT2D eigenvalue weighted by Crippen LogP contribution is 2.28. The van der Waals surface area contributed by atoms with Crippen molar-refractivity contribution in [3.05, 3.63) is 59.7 Å². The van der Waals surface area contributed by atoms with Gasteiger partial charge in [0.2, 0.25) is 10.0 Å². The molecular weight excluding hydrogens is 357 g/mol. The van der Waals surface area contributed by atoms with Crippen LogP contribution in [0.3, 0.4) is 0 Å². The molecule has 0 aromatic heterocycles. The van der Waals surface area contributed by atoms with Gasteiger partial charge >= 0.3 is 6.36 Å². The highest BCUT2D eigenvalue weighted by molar-refractivity contribution is 7.89. The van der Waals surface area contributed by atoms with E-state index >= 15 is 0 Å². The molecular formula is C16H13F3N2O3S. The van der Waals surface area contributed by atoms with E-state index in [0.717, 1.165) is 10.4 Å². The average Bonchev–Trinajstić information content (AvgIpc) is 2.55. The summed E-state index contributed by atoms with van der Waals surface area (Å²) >= 11 is 0. The van der Waals surface area contributed by atoms with Gasteiger partial charge in [-0.15, -0.1) is 13.2 Å². The summed E-state index contributed by atoms with van der Waals surface area (Å²) in [7, 11) is -2.69. The molecule has 25 heavy (non-hydrogen) atoms. The highest BCUT2D eigenvalue weighted by atomic mass is 32.2. The number of para-hydroxylation sites is 1. The Morgan fingerprint density at radius 2 is 1.72 bits per heavy atom. The van der Waals surface area contributed by atoms with Crippen molar-refractivity contribution < 1.29 is 26.3 Å². The fourth-order valence-corrected chi connectivity index (χ4v) is 3.21. The number of hydrogen-bond donors (Lipinski definition) is 0. The van der Waals surface area contributed by atoms with Crippen molar-refractivity contribution in [3.8, 4) is 11.8 Å². The van der Waals surface area contributed by atoms with Crippen LogP contribution >= 0.6 is 0 Å². The van der Waals surface area contributed by atoms with Crippen LogP contribution in [0, 0.1) is 11.3 Å². The third kappa shape index (κ3) is 4.71. The Morgan fingerprint density at radius 1 is 1.12 bits per heavy atom. The summed E-state index contributed by atoms with van der Waals surface area (Å²) in [6.45, 7) is -0.311. The van der Waals surface area contributed by atoms with E-state index in [1.165, 1.54) is 49.5 Å². The maximum atomic E-state index is 12.5. The lowest BCUT2D eigenvalue weighted by Gasteiger charge is -2.19. The van der Waals surface area contributed by atoms with Crippen molar-refractivity contribution in [2.75, 3.05) is 7.05 Å². The number of alkyl halides is 3. The normalized spacial score (nSPS) is 12.0. The van der Waals surface area contributed by atoms with E-state index in [0.29, 0.717) is 5.56 Å². The molecule has 0 unspecified atom stereocenters. The molecule has 0 bridgehead atoms. The van der Waals surface area contributed by atoms with Gasteiger partial charge in [0.15, 0.2) is 0 Å². The first-order chi connectivity index (χ1) is 11.6. The Labute approximate surface area is 142 Å². The number of sulfonamides is 1. The largest absolute Gasteiger partial charge is 0.573 e. The van der Waals surface area contributed by atoms with E-state index in [2.05, 4.69) is 4.74 Å². The summed E-state index contributed by atoms with van der Waals surface area (Å²) < 4.78 is 67.2. The fourth-order valence-electron chi connectivity index (χ4n) is 2.06. The lowest BCUT2D eigenvalue weighted by molar-refractivity contribution is -0.274. The van der Waals surface area contributed by atoms with Gasteiger partial charge in [0.05, 0.1) is 16.5 Å². The number of hydrogen-bond acceptors (Lipinski definition) is 4. The van der Waals surface area contributed by atoms with Gasteiger partial charge in [-0.1, -0.05) is 18.2 Å². The first-order valence-electron chi connectivity index (χ1n) is 6.93. The summed E-state index contributed by atoms with van der Waals surface area (Å²) in [5, 5.41) is 8.74. The predicted octanol–water partition coefficient (Wildman–Crippen LogP) is 3.28. The van der Waals surface area contributed by atoms with Crippen LogP contribution in [0.5, 0.6) is 5.75 Å². The quantitative estimate of drug-likeness (QED) is 0.810. The van der Waals surface area contributed by atoms with Crippen LogP contribution in [0.15, 0.2) is 53.4 Å². The number of nitrogens with zero attached hydrogens (tertiary/aromatic N) is 2. The van der Waals surface area contributed by atoms with Crippen molar-refractivity contribution in [2.24, 2.45) is 0 Å². The van der Waals surface area contributed by atoms with E-state index < -0.39 is 22.1 Å². The molecule has 0 radical (unpaired) electrons. The molecule has 0 fully saturated rings. The SMILES string of the molecule is CN(Cc1ccccc1OC(F)(F)F)S(=O)(=O)c1ccc(C#N)cc1. The minimum Gasteiger partial charge on any atom is -0.405 e. The highest BCUT2D eigenvalue weighted by Gasteiger charge is 2.32. The van der Waals surface area contributed by atoms with Gasteiger partial charge in [0, 0.05) is 19.2 Å². The van der Waals surface area contributed by atoms with Crippen LogP contribution in [-0.2, 0) is 16.6 Å². The van der Waals surface area contributed by atoms with Crippen molar-refractivity contribution in [1.82, 2.24) is 4.31 Å². The number of rotatable bonds is 5. The molecule has 0 amide bonds. The second-order valence-electron chi connectivity index (χ2n) is 5.05. The third-order valence-corrected chi connectivity index (χ3v) is 5.10. The molecule has 0 atom stereocenters. The van der Waals surface area contributed by atoms with Crippen molar-refractivity contribution in [1.29, 1.82) is 5.26 Å². The van der Waals surface area contributed by atoms with Gasteiger partial charge in [-0.25, -0.2) is 8.42 Å². The van der Waals surface area contributed by atoms with Crippen LogP contribution in [-0.4, -0.2) is 26.1 Å². The minimum atomic E-state index is -4.87. The van der Waals surface area contributed by atoms with Gasteiger partial charge in [-0.05, 0) is 30.3 Å². The summed E-state index contributed by atoms with van der Waals surface area (Å²) in [5.41, 5.74) is 0.366. The number of ether oxygens (including phenoxy) is 1. The van der Waals surface area contributed by atoms with E-state index in [9.17, 15) is 21.6 Å². The molecule has 5 nitrogen and oxygen atoms in total. The molecule has 0 spiro atoms. The molecule has 2 aromatic carbocycles. The lowest BCUT2D eigenvalue weighted by atomic mass is 10.2. The second kappa shape index (κ2) is 7.13. The van der Waals surface area contributed by atoms with Crippen LogP contribution in [0.25, 0.3) is 0 Å². The number of benzene rings is 2. The Hall–Kier alpha value is -2.57. The molecule has 0 saturated heterocycles. The summed E-state index contributed by atoms with van der Waals surface area (Å²) in [4.78, 5) is -0.0665. The Morgan fingerprint density at radius 3 is 2.28 bits per heavy atom. The average molecular weight is 370 g/mol. The number of nitriles is 1.